The maximum Gasteiger partial charge on any atom is 0.260 e. The van der Waals surface area contributed by atoms with Gasteiger partial charge >= 0.3 is 0 Å². The molecule has 0 aliphatic rings. The molecule has 4 rings (SSSR count). The van der Waals surface area contributed by atoms with E-state index in [1.54, 1.807) is 0 Å². The molecule has 0 unspecified atom stereocenters. The van der Waals surface area contributed by atoms with Gasteiger partial charge in [-0.1, -0.05) is 55.9 Å². The molecule has 0 saturated heterocycles. The van der Waals surface area contributed by atoms with E-state index in [4.69, 9.17) is 0 Å². The summed E-state index contributed by atoms with van der Waals surface area (Å²) in [6.45, 7) is 8.31. The van der Waals surface area contributed by atoms with E-state index in [9.17, 15) is 9.59 Å². The molecule has 2 N–H and O–H groups in total. The lowest BCUT2D eigenvalue weighted by Gasteiger charge is -2.08. The smallest absolute Gasteiger partial charge is 0.260 e. The van der Waals surface area contributed by atoms with Crippen LogP contribution < -0.4 is 10.9 Å². The fourth-order valence-electron chi connectivity index (χ4n) is 3.64. The lowest BCUT2D eigenvalue weighted by molar-refractivity contribution is -0.113. The van der Waals surface area contributed by atoms with Crippen LogP contribution in [0, 0.1) is 13.8 Å². The zero-order valence-corrected chi connectivity index (χ0v) is 20.1. The second-order valence-corrected chi connectivity index (χ2v) is 10.0. The first-order valence-electron chi connectivity index (χ1n) is 10.4. The van der Waals surface area contributed by atoms with Crippen LogP contribution in [0.1, 0.15) is 36.5 Å². The summed E-state index contributed by atoms with van der Waals surface area (Å²) in [5.41, 5.74) is 5.93. The third-order valence-electron chi connectivity index (χ3n) is 5.16. The summed E-state index contributed by atoms with van der Waals surface area (Å²) in [5, 5.41) is 5.92. The molecule has 164 valence electrons. The summed E-state index contributed by atoms with van der Waals surface area (Å²) < 4.78 is 0. The number of carbonyl (C=O) groups excluding carboxylic acids is 1. The second-order valence-electron chi connectivity index (χ2n) is 8.19. The SMILES string of the molecule is Cc1cc(C)cc(NC(=O)CSc2nc3scc(-c4ccc(C(C)C)cc4)c3c(=O)[nH]2)c1. The number of aromatic nitrogens is 2. The van der Waals surface area contributed by atoms with Crippen LogP contribution in [-0.2, 0) is 4.79 Å². The molecule has 2 aromatic heterocycles. The Balaban J connectivity index is 1.50. The van der Waals surface area contributed by atoms with Gasteiger partial charge in [-0.25, -0.2) is 4.98 Å². The molecular weight excluding hydrogens is 438 g/mol. The Hall–Kier alpha value is -2.90. The first-order valence-corrected chi connectivity index (χ1v) is 12.3. The summed E-state index contributed by atoms with van der Waals surface area (Å²) in [7, 11) is 0. The van der Waals surface area contributed by atoms with Crippen LogP contribution in [0.4, 0.5) is 5.69 Å². The first-order chi connectivity index (χ1) is 15.3. The minimum atomic E-state index is -0.184. The summed E-state index contributed by atoms with van der Waals surface area (Å²) in [4.78, 5) is 33.3. The largest absolute Gasteiger partial charge is 0.325 e. The van der Waals surface area contributed by atoms with Crippen molar-refractivity contribution in [1.29, 1.82) is 0 Å². The number of carbonyl (C=O) groups is 1. The van der Waals surface area contributed by atoms with Crippen molar-refractivity contribution < 1.29 is 4.79 Å². The highest BCUT2D eigenvalue weighted by Crippen LogP contribution is 2.32. The zero-order valence-electron chi connectivity index (χ0n) is 18.5. The number of hydrogen-bond donors (Lipinski definition) is 2. The van der Waals surface area contributed by atoms with Gasteiger partial charge < -0.3 is 10.3 Å². The van der Waals surface area contributed by atoms with Crippen LogP contribution >= 0.6 is 23.1 Å². The van der Waals surface area contributed by atoms with E-state index in [0.717, 1.165) is 27.9 Å². The molecule has 7 heteroatoms. The molecule has 4 aromatic rings. The van der Waals surface area contributed by atoms with Gasteiger partial charge in [0.15, 0.2) is 5.16 Å². The van der Waals surface area contributed by atoms with Gasteiger partial charge in [-0.15, -0.1) is 11.3 Å². The Morgan fingerprint density at radius 3 is 2.47 bits per heavy atom. The van der Waals surface area contributed by atoms with Crippen LogP contribution in [0.25, 0.3) is 21.3 Å². The van der Waals surface area contributed by atoms with E-state index in [-0.39, 0.29) is 17.2 Å². The minimum Gasteiger partial charge on any atom is -0.325 e. The third-order valence-corrected chi connectivity index (χ3v) is 6.90. The molecule has 1 amide bonds. The highest BCUT2D eigenvalue weighted by Gasteiger charge is 2.14. The van der Waals surface area contributed by atoms with Crippen molar-refractivity contribution in [3.63, 3.8) is 0 Å². The van der Waals surface area contributed by atoms with Gasteiger partial charge in [-0.2, -0.15) is 0 Å². The Labute approximate surface area is 195 Å². The Morgan fingerprint density at radius 1 is 1.12 bits per heavy atom. The predicted molar refractivity (Wildman–Crippen MR) is 135 cm³/mol. The molecule has 0 saturated carbocycles. The average molecular weight is 464 g/mol. The van der Waals surface area contributed by atoms with Crippen LogP contribution in [0.15, 0.2) is 57.8 Å². The average Bonchev–Trinajstić information content (AvgIpc) is 3.16. The highest BCUT2D eigenvalue weighted by molar-refractivity contribution is 7.99. The molecule has 0 aliphatic carbocycles. The number of thioether (sulfide) groups is 1. The molecule has 2 aromatic carbocycles. The van der Waals surface area contributed by atoms with Crippen LogP contribution in [-0.4, -0.2) is 21.6 Å². The molecule has 0 radical (unpaired) electrons. The second kappa shape index (κ2) is 9.30. The number of rotatable bonds is 6. The van der Waals surface area contributed by atoms with Gasteiger partial charge in [0.1, 0.15) is 4.83 Å². The fraction of sp³-hybridized carbons (Fsp3) is 0.240. The highest BCUT2D eigenvalue weighted by atomic mass is 32.2. The molecular formula is C25H25N3O2S2. The van der Waals surface area contributed by atoms with Crippen LogP contribution in [0.2, 0.25) is 0 Å². The normalized spacial score (nSPS) is 11.3. The standard InChI is InChI=1S/C25H25N3O2S2/c1-14(2)17-5-7-18(8-6-17)20-12-31-24-22(20)23(30)27-25(28-24)32-13-21(29)26-19-10-15(3)9-16(4)11-19/h5-12,14H,13H2,1-4H3,(H,26,29)(H,27,28,30). The van der Waals surface area contributed by atoms with Crippen LogP contribution in [0.3, 0.4) is 0 Å². The van der Waals surface area contributed by atoms with Crippen LogP contribution in [0.5, 0.6) is 0 Å². The molecule has 0 aliphatic heterocycles. The summed E-state index contributed by atoms with van der Waals surface area (Å²) >= 11 is 2.67. The Bertz CT molecular complexity index is 1320. The molecule has 0 fully saturated rings. The van der Waals surface area contributed by atoms with Gasteiger partial charge in [0, 0.05) is 16.6 Å². The molecule has 0 atom stereocenters. The molecule has 0 spiro atoms. The lowest BCUT2D eigenvalue weighted by atomic mass is 9.99. The Morgan fingerprint density at radius 2 is 1.81 bits per heavy atom. The number of nitrogens with one attached hydrogen (secondary N) is 2. The van der Waals surface area contributed by atoms with Crippen molar-refractivity contribution in [1.82, 2.24) is 9.97 Å². The number of aromatic amines is 1. The monoisotopic (exact) mass is 463 g/mol. The lowest BCUT2D eigenvalue weighted by Crippen LogP contribution is -2.15. The zero-order chi connectivity index (χ0) is 22.8. The number of anilines is 1. The first kappa shape index (κ1) is 22.3. The molecule has 0 bridgehead atoms. The van der Waals surface area contributed by atoms with Gasteiger partial charge in [0.2, 0.25) is 5.91 Å². The van der Waals surface area contributed by atoms with E-state index < -0.39 is 0 Å². The third kappa shape index (κ3) is 4.95. The van der Waals surface area contributed by atoms with Gasteiger partial charge in [0.05, 0.1) is 11.1 Å². The Kier molecular flexibility index (Phi) is 6.48. The predicted octanol–water partition coefficient (Wildman–Crippen LogP) is 6.12. The van der Waals surface area contributed by atoms with Crippen molar-refractivity contribution in [3.8, 4) is 11.1 Å². The van der Waals surface area contributed by atoms with E-state index >= 15 is 0 Å². The van der Waals surface area contributed by atoms with E-state index in [2.05, 4.69) is 59.5 Å². The number of fused-ring (bicyclic) bond motifs is 1. The number of H-pyrrole nitrogens is 1. The van der Waals surface area contributed by atoms with E-state index in [1.807, 2.05) is 31.4 Å². The van der Waals surface area contributed by atoms with Gasteiger partial charge in [-0.3, -0.25) is 9.59 Å². The van der Waals surface area contributed by atoms with Crippen molar-refractivity contribution >= 4 is 44.9 Å². The van der Waals surface area contributed by atoms with Crippen molar-refractivity contribution in [2.24, 2.45) is 0 Å². The van der Waals surface area contributed by atoms with E-state index in [1.165, 1.54) is 28.7 Å². The van der Waals surface area contributed by atoms with Gasteiger partial charge in [0.25, 0.3) is 5.56 Å². The molecule has 2 heterocycles. The summed E-state index contributed by atoms with van der Waals surface area (Å²) in [6, 6.07) is 14.2. The number of benzene rings is 2. The summed E-state index contributed by atoms with van der Waals surface area (Å²) in [5.74, 6) is 0.482. The number of aryl methyl sites for hydroxylation is 2. The number of thiophene rings is 1. The maximum atomic E-state index is 12.8. The molecule has 32 heavy (non-hydrogen) atoms. The van der Waals surface area contributed by atoms with Crippen molar-refractivity contribution in [2.75, 3.05) is 11.1 Å². The maximum absolute atomic E-state index is 12.8. The van der Waals surface area contributed by atoms with E-state index in [0.29, 0.717) is 21.3 Å². The minimum absolute atomic E-state index is 0.139. The quantitative estimate of drug-likeness (QED) is 0.267. The number of nitrogens with zero attached hydrogens (tertiary/aromatic N) is 1. The number of hydrogen-bond acceptors (Lipinski definition) is 5. The fourth-order valence-corrected chi connectivity index (χ4v) is 5.30. The van der Waals surface area contributed by atoms with Gasteiger partial charge in [-0.05, 0) is 54.2 Å². The summed E-state index contributed by atoms with van der Waals surface area (Å²) in [6.07, 6.45) is 0. The van der Waals surface area contributed by atoms with Crippen molar-refractivity contribution in [3.05, 3.63) is 74.9 Å². The van der Waals surface area contributed by atoms with Crippen molar-refractivity contribution in [2.45, 2.75) is 38.8 Å². The topological polar surface area (TPSA) is 74.8 Å². The number of amides is 1. The molecule has 5 nitrogen and oxygen atoms in total.